The van der Waals surface area contributed by atoms with E-state index < -0.39 is 0 Å². The highest BCUT2D eigenvalue weighted by molar-refractivity contribution is 6.36. The largest absolute Gasteiger partial charge is 0.382 e. The van der Waals surface area contributed by atoms with E-state index in [9.17, 15) is 0 Å². The van der Waals surface area contributed by atoms with E-state index in [1.54, 1.807) is 7.11 Å². The number of hydrogen-bond acceptors (Lipinski definition) is 3. The number of halogens is 2. The Bertz CT molecular complexity index is 154. The molecule has 0 aliphatic rings. The van der Waals surface area contributed by atoms with Gasteiger partial charge in [-0.2, -0.15) is 0 Å². The summed E-state index contributed by atoms with van der Waals surface area (Å²) in [5.74, 6) is 0. The zero-order chi connectivity index (χ0) is 10.6. The van der Waals surface area contributed by atoms with Crippen LogP contribution in [0.4, 0.5) is 0 Å². The van der Waals surface area contributed by atoms with Crippen molar-refractivity contribution in [3.05, 3.63) is 10.6 Å². The standard InChI is InChI=1S/C9H17Cl2NO2/c1-13-5-6-14-4-2-3-12-8-9(11)7-10/h7,12H,2-6,8H2,1H3. The monoisotopic (exact) mass is 241 g/mol. The molecule has 3 nitrogen and oxygen atoms in total. The highest BCUT2D eigenvalue weighted by atomic mass is 35.5. The molecule has 0 aliphatic carbocycles. The Labute approximate surface area is 95.4 Å². The van der Waals surface area contributed by atoms with Gasteiger partial charge in [-0.15, -0.1) is 0 Å². The first kappa shape index (κ1) is 14.2. The molecule has 0 fully saturated rings. The van der Waals surface area contributed by atoms with Crippen molar-refractivity contribution in [2.45, 2.75) is 6.42 Å². The van der Waals surface area contributed by atoms with E-state index >= 15 is 0 Å². The summed E-state index contributed by atoms with van der Waals surface area (Å²) in [7, 11) is 1.66. The fourth-order valence-corrected chi connectivity index (χ4v) is 0.962. The van der Waals surface area contributed by atoms with Crippen molar-refractivity contribution in [1.29, 1.82) is 0 Å². The van der Waals surface area contributed by atoms with Crippen LogP contribution < -0.4 is 5.32 Å². The molecule has 5 heteroatoms. The molecule has 0 rings (SSSR count). The van der Waals surface area contributed by atoms with Gasteiger partial charge < -0.3 is 14.8 Å². The Balaban J connectivity index is 2.99. The fraction of sp³-hybridized carbons (Fsp3) is 0.778. The van der Waals surface area contributed by atoms with Gasteiger partial charge in [0.25, 0.3) is 0 Å². The van der Waals surface area contributed by atoms with Gasteiger partial charge in [-0.1, -0.05) is 23.2 Å². The SMILES string of the molecule is COCCOCCCNCC(Cl)=CCl. The molecule has 0 aromatic heterocycles. The lowest BCUT2D eigenvalue weighted by molar-refractivity contribution is 0.0696. The van der Waals surface area contributed by atoms with Gasteiger partial charge in [0.1, 0.15) is 0 Å². The summed E-state index contributed by atoms with van der Waals surface area (Å²) in [6.45, 7) is 3.52. The highest BCUT2D eigenvalue weighted by Crippen LogP contribution is 1.99. The molecule has 14 heavy (non-hydrogen) atoms. The van der Waals surface area contributed by atoms with Crippen molar-refractivity contribution in [3.8, 4) is 0 Å². The molecule has 84 valence electrons. The third kappa shape index (κ3) is 10.3. The topological polar surface area (TPSA) is 30.5 Å². The summed E-state index contributed by atoms with van der Waals surface area (Å²) in [5.41, 5.74) is 1.36. The summed E-state index contributed by atoms with van der Waals surface area (Å²) in [6, 6.07) is 0. The molecule has 0 saturated carbocycles. The van der Waals surface area contributed by atoms with Crippen LogP contribution in [0.5, 0.6) is 0 Å². The zero-order valence-electron chi connectivity index (χ0n) is 8.39. The summed E-state index contributed by atoms with van der Waals surface area (Å²) in [4.78, 5) is 0. The van der Waals surface area contributed by atoms with E-state index in [1.807, 2.05) is 0 Å². The molecule has 0 atom stereocenters. The van der Waals surface area contributed by atoms with Crippen molar-refractivity contribution in [2.75, 3.05) is 40.0 Å². The molecule has 0 heterocycles. The maximum Gasteiger partial charge on any atom is 0.0700 e. The fourth-order valence-electron chi connectivity index (χ4n) is 0.790. The van der Waals surface area contributed by atoms with E-state index in [0.29, 0.717) is 24.8 Å². The molecule has 0 aromatic rings. The maximum atomic E-state index is 5.67. The molecule has 0 bridgehead atoms. The number of rotatable bonds is 9. The van der Waals surface area contributed by atoms with Gasteiger partial charge in [-0.05, 0) is 13.0 Å². The van der Waals surface area contributed by atoms with Gasteiger partial charge in [0.05, 0.1) is 13.2 Å². The predicted octanol–water partition coefficient (Wildman–Crippen LogP) is 1.95. The van der Waals surface area contributed by atoms with Crippen LogP contribution in [0.2, 0.25) is 0 Å². The summed E-state index contributed by atoms with van der Waals surface area (Å²) < 4.78 is 10.1. The second-order valence-electron chi connectivity index (χ2n) is 2.69. The molecule has 0 aliphatic heterocycles. The first-order chi connectivity index (χ1) is 6.81. The number of methoxy groups -OCH3 is 1. The van der Waals surface area contributed by atoms with Crippen molar-refractivity contribution in [1.82, 2.24) is 5.32 Å². The molecule has 0 radical (unpaired) electrons. The molecule has 0 amide bonds. The molecule has 0 aromatic carbocycles. The minimum Gasteiger partial charge on any atom is -0.382 e. The maximum absolute atomic E-state index is 5.67. The van der Waals surface area contributed by atoms with Crippen LogP contribution in [-0.2, 0) is 9.47 Å². The van der Waals surface area contributed by atoms with Crippen LogP contribution in [0, 0.1) is 0 Å². The van der Waals surface area contributed by atoms with Crippen LogP contribution in [-0.4, -0.2) is 40.0 Å². The average Bonchev–Trinajstić information content (AvgIpc) is 2.21. The van der Waals surface area contributed by atoms with Gasteiger partial charge in [-0.3, -0.25) is 0 Å². The average molecular weight is 242 g/mol. The minimum atomic E-state index is 0.614. The number of ether oxygens (including phenoxy) is 2. The smallest absolute Gasteiger partial charge is 0.0700 e. The van der Waals surface area contributed by atoms with E-state index in [4.69, 9.17) is 32.7 Å². The molecular weight excluding hydrogens is 225 g/mol. The van der Waals surface area contributed by atoms with Crippen LogP contribution in [0.25, 0.3) is 0 Å². The Hall–Kier alpha value is 0.200. The molecule has 0 saturated heterocycles. The van der Waals surface area contributed by atoms with E-state index in [0.717, 1.165) is 19.6 Å². The van der Waals surface area contributed by atoms with E-state index in [2.05, 4.69) is 5.32 Å². The highest BCUT2D eigenvalue weighted by Gasteiger charge is 1.92. The quantitative estimate of drug-likeness (QED) is 0.627. The normalized spacial score (nSPS) is 12.1. The molecule has 0 unspecified atom stereocenters. The molecule has 0 spiro atoms. The van der Waals surface area contributed by atoms with Gasteiger partial charge in [0.2, 0.25) is 0 Å². The first-order valence-electron chi connectivity index (χ1n) is 4.53. The lowest BCUT2D eigenvalue weighted by Gasteiger charge is -2.04. The third-order valence-corrected chi connectivity index (χ3v) is 2.10. The van der Waals surface area contributed by atoms with Gasteiger partial charge >= 0.3 is 0 Å². The van der Waals surface area contributed by atoms with Gasteiger partial charge in [0, 0.05) is 30.8 Å². The number of nitrogens with one attached hydrogen (secondary N) is 1. The van der Waals surface area contributed by atoms with Gasteiger partial charge in [-0.25, -0.2) is 0 Å². The van der Waals surface area contributed by atoms with E-state index in [-0.39, 0.29) is 0 Å². The summed E-state index contributed by atoms with van der Waals surface area (Å²) >= 11 is 11.0. The van der Waals surface area contributed by atoms with Gasteiger partial charge in [0.15, 0.2) is 0 Å². The van der Waals surface area contributed by atoms with Crippen LogP contribution in [0.1, 0.15) is 6.42 Å². The number of hydrogen-bond donors (Lipinski definition) is 1. The Morgan fingerprint density at radius 3 is 2.79 bits per heavy atom. The summed E-state index contributed by atoms with van der Waals surface area (Å²) in [5, 5.41) is 3.75. The third-order valence-electron chi connectivity index (χ3n) is 1.49. The first-order valence-corrected chi connectivity index (χ1v) is 5.35. The lowest BCUT2D eigenvalue weighted by atomic mass is 10.4. The summed E-state index contributed by atoms with van der Waals surface area (Å²) in [6.07, 6.45) is 0.955. The lowest BCUT2D eigenvalue weighted by Crippen LogP contribution is -2.18. The molecule has 1 N–H and O–H groups in total. The predicted molar refractivity (Wildman–Crippen MR) is 60.0 cm³/mol. The Morgan fingerprint density at radius 1 is 1.36 bits per heavy atom. The zero-order valence-corrected chi connectivity index (χ0v) is 9.90. The van der Waals surface area contributed by atoms with Crippen molar-refractivity contribution < 1.29 is 9.47 Å². The van der Waals surface area contributed by atoms with Crippen LogP contribution in [0.15, 0.2) is 10.6 Å². The van der Waals surface area contributed by atoms with Crippen molar-refractivity contribution in [2.24, 2.45) is 0 Å². The minimum absolute atomic E-state index is 0.614. The van der Waals surface area contributed by atoms with Crippen LogP contribution >= 0.6 is 23.2 Å². The molecular formula is C9H17Cl2NO2. The van der Waals surface area contributed by atoms with E-state index in [1.165, 1.54) is 5.54 Å². The van der Waals surface area contributed by atoms with Crippen LogP contribution in [0.3, 0.4) is 0 Å². The Morgan fingerprint density at radius 2 is 2.14 bits per heavy atom. The Kier molecular flexibility index (Phi) is 11.4. The second kappa shape index (κ2) is 11.3. The van der Waals surface area contributed by atoms with Crippen molar-refractivity contribution >= 4 is 23.2 Å². The second-order valence-corrected chi connectivity index (χ2v) is 3.40. The van der Waals surface area contributed by atoms with Crippen molar-refractivity contribution in [3.63, 3.8) is 0 Å².